The van der Waals surface area contributed by atoms with E-state index >= 15 is 0 Å². The van der Waals surface area contributed by atoms with Crippen LogP contribution in [0.2, 0.25) is 0 Å². The second kappa shape index (κ2) is 7.11. The van der Waals surface area contributed by atoms with E-state index in [-0.39, 0.29) is 0 Å². The predicted octanol–water partition coefficient (Wildman–Crippen LogP) is 1.71. The summed E-state index contributed by atoms with van der Waals surface area (Å²) in [6, 6.07) is 4.23. The second-order valence-corrected chi connectivity index (χ2v) is 5.46. The van der Waals surface area contributed by atoms with Crippen molar-refractivity contribution in [3.05, 3.63) is 24.2 Å². The van der Waals surface area contributed by atoms with E-state index in [1.54, 1.807) is 13.3 Å². The Morgan fingerprint density at radius 1 is 1.45 bits per heavy atom. The van der Waals surface area contributed by atoms with Crippen LogP contribution in [0.25, 0.3) is 11.6 Å². The molecule has 0 aliphatic heterocycles. The predicted molar refractivity (Wildman–Crippen MR) is 84.5 cm³/mol. The molecule has 0 saturated heterocycles. The lowest BCUT2D eigenvalue weighted by Crippen LogP contribution is -2.43. The highest BCUT2D eigenvalue weighted by Gasteiger charge is 2.15. The highest BCUT2D eigenvalue weighted by atomic mass is 16.3. The van der Waals surface area contributed by atoms with Gasteiger partial charge in [-0.2, -0.15) is 5.10 Å². The number of aromatic nitrogens is 3. The summed E-state index contributed by atoms with van der Waals surface area (Å²) in [5.74, 6) is 2.95. The van der Waals surface area contributed by atoms with Gasteiger partial charge in [0.15, 0.2) is 11.7 Å². The molecule has 0 atom stereocenters. The van der Waals surface area contributed by atoms with Gasteiger partial charge in [0.05, 0.1) is 6.26 Å². The van der Waals surface area contributed by atoms with Crippen molar-refractivity contribution in [3.63, 3.8) is 0 Å². The molecule has 118 valence electrons. The van der Waals surface area contributed by atoms with Crippen LogP contribution in [0.5, 0.6) is 0 Å². The minimum absolute atomic E-state index is 0.557. The van der Waals surface area contributed by atoms with Gasteiger partial charge in [-0.3, -0.25) is 10.1 Å². The normalized spacial score (nSPS) is 16.1. The molecule has 3 N–H and O–H groups in total. The second-order valence-electron chi connectivity index (χ2n) is 5.46. The Hall–Kier alpha value is -2.31. The van der Waals surface area contributed by atoms with Crippen molar-refractivity contribution in [2.75, 3.05) is 13.6 Å². The number of hydrogen-bond donors (Lipinski definition) is 3. The molecule has 7 nitrogen and oxygen atoms in total. The molecule has 7 heteroatoms. The Balaban J connectivity index is 1.46. The third-order valence-electron chi connectivity index (χ3n) is 3.85. The van der Waals surface area contributed by atoms with Crippen molar-refractivity contribution in [1.29, 1.82) is 0 Å². The van der Waals surface area contributed by atoms with Gasteiger partial charge in [-0.1, -0.05) is 12.8 Å². The number of aromatic amines is 1. The summed E-state index contributed by atoms with van der Waals surface area (Å²) in [6.07, 6.45) is 7.44. The fraction of sp³-hybridized carbons (Fsp3) is 0.533. The molecule has 1 aliphatic rings. The molecule has 3 rings (SSSR count). The van der Waals surface area contributed by atoms with Crippen LogP contribution in [0.15, 0.2) is 27.8 Å². The van der Waals surface area contributed by atoms with Crippen LogP contribution in [0.3, 0.4) is 0 Å². The first-order valence-electron chi connectivity index (χ1n) is 7.77. The van der Waals surface area contributed by atoms with E-state index in [4.69, 9.17) is 4.42 Å². The summed E-state index contributed by atoms with van der Waals surface area (Å²) in [5.41, 5.74) is 0. The molecule has 0 radical (unpaired) electrons. The van der Waals surface area contributed by atoms with Crippen LogP contribution in [0, 0.1) is 0 Å². The third-order valence-corrected chi connectivity index (χ3v) is 3.85. The number of nitrogens with zero attached hydrogens (tertiary/aromatic N) is 3. The van der Waals surface area contributed by atoms with Gasteiger partial charge in [0.1, 0.15) is 5.82 Å². The summed E-state index contributed by atoms with van der Waals surface area (Å²) >= 11 is 0. The van der Waals surface area contributed by atoms with E-state index in [1.807, 2.05) is 12.1 Å². The fourth-order valence-corrected chi connectivity index (χ4v) is 2.68. The van der Waals surface area contributed by atoms with Gasteiger partial charge in [0.25, 0.3) is 0 Å². The number of guanidine groups is 1. The molecule has 0 unspecified atom stereocenters. The largest absolute Gasteiger partial charge is 0.461 e. The van der Waals surface area contributed by atoms with Crippen molar-refractivity contribution >= 4 is 5.96 Å². The van der Waals surface area contributed by atoms with Crippen molar-refractivity contribution < 1.29 is 4.42 Å². The summed E-state index contributed by atoms with van der Waals surface area (Å²) in [4.78, 5) is 8.68. The maximum atomic E-state index is 5.28. The number of aliphatic imine (C=N–C) groups is 1. The monoisotopic (exact) mass is 302 g/mol. The lowest BCUT2D eigenvalue weighted by atomic mass is 10.2. The van der Waals surface area contributed by atoms with Crippen molar-refractivity contribution in [1.82, 2.24) is 25.8 Å². The van der Waals surface area contributed by atoms with E-state index < -0.39 is 0 Å². The smallest absolute Gasteiger partial charge is 0.216 e. The van der Waals surface area contributed by atoms with Gasteiger partial charge < -0.3 is 15.1 Å². The van der Waals surface area contributed by atoms with Crippen molar-refractivity contribution in [2.45, 2.75) is 38.1 Å². The zero-order valence-corrected chi connectivity index (χ0v) is 12.8. The molecule has 22 heavy (non-hydrogen) atoms. The number of rotatable bonds is 5. The standard InChI is InChI=1S/C15H22N6O/c1-16-15(18-11-5-2-3-6-11)17-9-8-13-19-14(21-20-13)12-7-4-10-22-12/h4,7,10-11H,2-3,5-6,8-9H2,1H3,(H2,16,17,18)(H,19,20,21). The zero-order chi connectivity index (χ0) is 15.2. The van der Waals surface area contributed by atoms with Gasteiger partial charge in [0, 0.05) is 26.1 Å². The van der Waals surface area contributed by atoms with E-state index in [9.17, 15) is 0 Å². The maximum Gasteiger partial charge on any atom is 0.216 e. The SMILES string of the molecule is CN=C(NCCc1nc(-c2ccco2)n[nH]1)NC1CCCC1. The van der Waals surface area contributed by atoms with Gasteiger partial charge in [0.2, 0.25) is 5.82 Å². The first kappa shape index (κ1) is 14.6. The first-order valence-corrected chi connectivity index (χ1v) is 7.77. The Morgan fingerprint density at radius 2 is 2.32 bits per heavy atom. The van der Waals surface area contributed by atoms with Gasteiger partial charge in [-0.25, -0.2) is 4.98 Å². The Labute approximate surface area is 129 Å². The average Bonchev–Trinajstić information content (AvgIpc) is 3.27. The van der Waals surface area contributed by atoms with E-state index in [0.29, 0.717) is 17.6 Å². The van der Waals surface area contributed by atoms with Crippen LogP contribution in [-0.2, 0) is 6.42 Å². The molecule has 0 bridgehead atoms. The summed E-state index contributed by atoms with van der Waals surface area (Å²) < 4.78 is 5.28. The van der Waals surface area contributed by atoms with Crippen LogP contribution < -0.4 is 10.6 Å². The number of furan rings is 1. The first-order chi connectivity index (χ1) is 10.8. The highest BCUT2D eigenvalue weighted by Crippen LogP contribution is 2.17. The molecule has 0 amide bonds. The quantitative estimate of drug-likeness (QED) is 0.578. The summed E-state index contributed by atoms with van der Waals surface area (Å²) in [6.45, 7) is 0.749. The maximum absolute atomic E-state index is 5.28. The van der Waals surface area contributed by atoms with Crippen LogP contribution in [0.1, 0.15) is 31.5 Å². The highest BCUT2D eigenvalue weighted by molar-refractivity contribution is 5.79. The van der Waals surface area contributed by atoms with Gasteiger partial charge >= 0.3 is 0 Å². The van der Waals surface area contributed by atoms with Gasteiger partial charge in [-0.15, -0.1) is 0 Å². The number of nitrogens with one attached hydrogen (secondary N) is 3. The summed E-state index contributed by atoms with van der Waals surface area (Å²) in [5, 5.41) is 13.9. The van der Waals surface area contributed by atoms with E-state index in [2.05, 4.69) is 30.8 Å². The fourth-order valence-electron chi connectivity index (χ4n) is 2.68. The van der Waals surface area contributed by atoms with Crippen LogP contribution in [-0.4, -0.2) is 40.8 Å². The average molecular weight is 302 g/mol. The van der Waals surface area contributed by atoms with E-state index in [1.165, 1.54) is 25.7 Å². The van der Waals surface area contributed by atoms with Gasteiger partial charge in [-0.05, 0) is 25.0 Å². The summed E-state index contributed by atoms with van der Waals surface area (Å²) in [7, 11) is 1.80. The molecule has 2 aromatic rings. The van der Waals surface area contributed by atoms with E-state index in [0.717, 1.165) is 24.7 Å². The Kier molecular flexibility index (Phi) is 4.72. The Morgan fingerprint density at radius 3 is 3.05 bits per heavy atom. The molecule has 1 saturated carbocycles. The lowest BCUT2D eigenvalue weighted by Gasteiger charge is -2.16. The zero-order valence-electron chi connectivity index (χ0n) is 12.8. The van der Waals surface area contributed by atoms with Crippen LogP contribution >= 0.6 is 0 Å². The number of hydrogen-bond acceptors (Lipinski definition) is 4. The number of H-pyrrole nitrogens is 1. The van der Waals surface area contributed by atoms with Crippen molar-refractivity contribution in [3.8, 4) is 11.6 Å². The molecular weight excluding hydrogens is 280 g/mol. The van der Waals surface area contributed by atoms with Crippen LogP contribution in [0.4, 0.5) is 0 Å². The molecule has 0 aromatic carbocycles. The molecule has 2 heterocycles. The minimum atomic E-state index is 0.557. The molecule has 1 fully saturated rings. The molecule has 2 aromatic heterocycles. The van der Waals surface area contributed by atoms with Crippen molar-refractivity contribution in [2.24, 2.45) is 4.99 Å². The molecule has 0 spiro atoms. The minimum Gasteiger partial charge on any atom is -0.461 e. The molecule has 1 aliphatic carbocycles. The lowest BCUT2D eigenvalue weighted by molar-refractivity contribution is 0.577. The Bertz CT molecular complexity index is 597. The topological polar surface area (TPSA) is 91.1 Å². The third kappa shape index (κ3) is 3.66. The molecular formula is C15H22N6O.